The molecule has 0 saturated heterocycles. The largest absolute Gasteiger partial charge is 0.493 e. The van der Waals surface area contributed by atoms with Gasteiger partial charge in [-0.05, 0) is 37.3 Å². The number of nitrogens with zero attached hydrogens (tertiary/aromatic N) is 1. The van der Waals surface area contributed by atoms with E-state index in [0.717, 1.165) is 11.4 Å². The summed E-state index contributed by atoms with van der Waals surface area (Å²) < 4.78 is 12.4. The molecule has 0 radical (unpaired) electrons. The highest BCUT2D eigenvalue weighted by atomic mass is 16.5. The molecule has 5 nitrogen and oxygen atoms in total. The molecule has 2 aromatic rings. The predicted molar refractivity (Wildman–Crippen MR) is 80.9 cm³/mol. The first-order chi connectivity index (χ1) is 10.1. The Bertz CT molecular complexity index is 647. The number of hydrogen-bond donors (Lipinski definition) is 1. The van der Waals surface area contributed by atoms with Crippen molar-refractivity contribution in [2.45, 2.75) is 13.5 Å². The maximum Gasteiger partial charge on any atom is 0.251 e. The van der Waals surface area contributed by atoms with Gasteiger partial charge in [0.15, 0.2) is 11.5 Å². The van der Waals surface area contributed by atoms with Gasteiger partial charge in [-0.2, -0.15) is 0 Å². The molecule has 1 heterocycles. The lowest BCUT2D eigenvalue weighted by molar-refractivity contribution is 0.0949. The first-order valence-electron chi connectivity index (χ1n) is 6.68. The molecule has 1 aromatic heterocycles. The van der Waals surface area contributed by atoms with E-state index in [9.17, 15) is 4.79 Å². The van der Waals surface area contributed by atoms with Crippen molar-refractivity contribution in [2.75, 3.05) is 14.2 Å². The highest BCUT2D eigenvalue weighted by Gasteiger charge is 2.11. The normalized spacial score (nSPS) is 10.3. The molecule has 0 spiro atoms. The molecule has 112 valence electrons. The van der Waals surface area contributed by atoms with Crippen molar-refractivity contribution in [1.29, 1.82) is 0 Å². The Balaban J connectivity index is 2.08. The number of methoxy groups -OCH3 is 2. The van der Waals surface area contributed by atoms with Crippen LogP contribution in [0.15, 0.2) is 30.3 Å². The van der Waals surface area contributed by atoms with Crippen molar-refractivity contribution in [2.24, 2.45) is 7.05 Å². The van der Waals surface area contributed by atoms with Crippen molar-refractivity contribution in [3.8, 4) is 11.5 Å². The number of benzene rings is 1. The SMILES string of the molecule is COc1ccc(C(=O)NCc2ccc(C)n2C)cc1OC. The Morgan fingerprint density at radius 2 is 1.86 bits per heavy atom. The van der Waals surface area contributed by atoms with Crippen LogP contribution < -0.4 is 14.8 Å². The molecule has 0 fully saturated rings. The van der Waals surface area contributed by atoms with Crippen LogP contribution in [0.4, 0.5) is 0 Å². The Kier molecular flexibility index (Phi) is 4.52. The maximum atomic E-state index is 12.2. The second-order valence-electron chi connectivity index (χ2n) is 4.78. The summed E-state index contributed by atoms with van der Waals surface area (Å²) in [5.41, 5.74) is 2.75. The lowest BCUT2D eigenvalue weighted by atomic mass is 10.2. The maximum absolute atomic E-state index is 12.2. The Hall–Kier alpha value is -2.43. The summed E-state index contributed by atoms with van der Waals surface area (Å²) in [5.74, 6) is 1.00. The molecule has 0 aliphatic rings. The second kappa shape index (κ2) is 6.35. The number of rotatable bonds is 5. The van der Waals surface area contributed by atoms with Crippen molar-refractivity contribution in [3.63, 3.8) is 0 Å². The van der Waals surface area contributed by atoms with Gasteiger partial charge in [0.1, 0.15) is 0 Å². The van der Waals surface area contributed by atoms with E-state index in [1.54, 1.807) is 32.4 Å². The number of amides is 1. The van der Waals surface area contributed by atoms with Crippen LogP contribution in [-0.2, 0) is 13.6 Å². The second-order valence-corrected chi connectivity index (χ2v) is 4.78. The minimum absolute atomic E-state index is 0.144. The quantitative estimate of drug-likeness (QED) is 0.918. The van der Waals surface area contributed by atoms with Gasteiger partial charge in [-0.1, -0.05) is 0 Å². The van der Waals surface area contributed by atoms with Crippen molar-refractivity contribution >= 4 is 5.91 Å². The third kappa shape index (κ3) is 3.18. The standard InChI is InChI=1S/C16H20N2O3/c1-11-5-7-13(18(11)2)10-17-16(19)12-6-8-14(20-3)15(9-12)21-4/h5-9H,10H2,1-4H3,(H,17,19). The van der Waals surface area contributed by atoms with E-state index in [-0.39, 0.29) is 5.91 Å². The fraction of sp³-hybridized carbons (Fsp3) is 0.312. The summed E-state index contributed by atoms with van der Waals surface area (Å²) in [4.78, 5) is 12.2. The molecule has 1 amide bonds. The summed E-state index contributed by atoms with van der Waals surface area (Å²) >= 11 is 0. The van der Waals surface area contributed by atoms with Gasteiger partial charge in [-0.15, -0.1) is 0 Å². The topological polar surface area (TPSA) is 52.5 Å². The predicted octanol–water partition coefficient (Wildman–Crippen LogP) is 2.28. The van der Waals surface area contributed by atoms with Gasteiger partial charge in [0.05, 0.1) is 20.8 Å². The molecule has 0 bridgehead atoms. The third-order valence-electron chi connectivity index (χ3n) is 3.55. The lowest BCUT2D eigenvalue weighted by Crippen LogP contribution is -2.24. The molecule has 5 heteroatoms. The first-order valence-corrected chi connectivity index (χ1v) is 6.68. The van der Waals surface area contributed by atoms with Crippen LogP contribution in [0.5, 0.6) is 11.5 Å². The first kappa shape index (κ1) is 15.0. The zero-order valence-electron chi connectivity index (χ0n) is 12.8. The van der Waals surface area contributed by atoms with Gasteiger partial charge in [-0.3, -0.25) is 4.79 Å². The van der Waals surface area contributed by atoms with Crippen LogP contribution in [0.3, 0.4) is 0 Å². The molecule has 0 atom stereocenters. The fourth-order valence-electron chi connectivity index (χ4n) is 2.09. The van der Waals surface area contributed by atoms with Crippen LogP contribution in [0.2, 0.25) is 0 Å². The highest BCUT2D eigenvalue weighted by Crippen LogP contribution is 2.27. The summed E-state index contributed by atoms with van der Waals surface area (Å²) in [7, 11) is 5.09. The molecular weight excluding hydrogens is 268 g/mol. The molecule has 21 heavy (non-hydrogen) atoms. The molecule has 0 aliphatic carbocycles. The summed E-state index contributed by atoms with van der Waals surface area (Å²) in [6, 6.07) is 9.14. The smallest absolute Gasteiger partial charge is 0.251 e. The molecule has 0 saturated carbocycles. The molecule has 0 aliphatic heterocycles. The Labute approximate surface area is 124 Å². The zero-order valence-corrected chi connectivity index (χ0v) is 12.8. The van der Waals surface area contributed by atoms with Gasteiger partial charge in [0.25, 0.3) is 5.91 Å². The van der Waals surface area contributed by atoms with Crippen LogP contribution in [0, 0.1) is 6.92 Å². The third-order valence-corrected chi connectivity index (χ3v) is 3.55. The van der Waals surface area contributed by atoms with Crippen LogP contribution >= 0.6 is 0 Å². The Morgan fingerprint density at radius 1 is 1.14 bits per heavy atom. The minimum Gasteiger partial charge on any atom is -0.493 e. The average molecular weight is 288 g/mol. The van der Waals surface area contributed by atoms with Gasteiger partial charge >= 0.3 is 0 Å². The van der Waals surface area contributed by atoms with E-state index in [1.807, 2.05) is 26.1 Å². The van der Waals surface area contributed by atoms with Gasteiger partial charge < -0.3 is 19.4 Å². The number of ether oxygens (including phenoxy) is 2. The lowest BCUT2D eigenvalue weighted by Gasteiger charge is -2.10. The number of carbonyl (C=O) groups is 1. The Morgan fingerprint density at radius 3 is 2.43 bits per heavy atom. The van der Waals surface area contributed by atoms with Gasteiger partial charge in [-0.25, -0.2) is 0 Å². The van der Waals surface area contributed by atoms with E-state index in [1.165, 1.54) is 0 Å². The molecular formula is C16H20N2O3. The van der Waals surface area contributed by atoms with Crippen molar-refractivity contribution in [1.82, 2.24) is 9.88 Å². The number of carbonyl (C=O) groups excluding carboxylic acids is 1. The van der Waals surface area contributed by atoms with E-state index in [0.29, 0.717) is 23.6 Å². The fourth-order valence-corrected chi connectivity index (χ4v) is 2.09. The van der Waals surface area contributed by atoms with Gasteiger partial charge in [0.2, 0.25) is 0 Å². The van der Waals surface area contributed by atoms with Crippen molar-refractivity contribution < 1.29 is 14.3 Å². The monoisotopic (exact) mass is 288 g/mol. The number of hydrogen-bond acceptors (Lipinski definition) is 3. The van der Waals surface area contributed by atoms with E-state index >= 15 is 0 Å². The number of nitrogens with one attached hydrogen (secondary N) is 1. The van der Waals surface area contributed by atoms with E-state index < -0.39 is 0 Å². The molecule has 1 aromatic carbocycles. The zero-order chi connectivity index (χ0) is 15.4. The number of aromatic nitrogens is 1. The summed E-state index contributed by atoms with van der Waals surface area (Å²) in [6.07, 6.45) is 0. The van der Waals surface area contributed by atoms with E-state index in [4.69, 9.17) is 9.47 Å². The minimum atomic E-state index is -0.144. The molecule has 1 N–H and O–H groups in total. The van der Waals surface area contributed by atoms with Crippen LogP contribution in [0.1, 0.15) is 21.7 Å². The van der Waals surface area contributed by atoms with Crippen LogP contribution in [-0.4, -0.2) is 24.7 Å². The highest BCUT2D eigenvalue weighted by molar-refractivity contribution is 5.94. The van der Waals surface area contributed by atoms with Crippen molar-refractivity contribution in [3.05, 3.63) is 47.3 Å². The van der Waals surface area contributed by atoms with E-state index in [2.05, 4.69) is 9.88 Å². The summed E-state index contributed by atoms with van der Waals surface area (Å²) in [6.45, 7) is 2.51. The summed E-state index contributed by atoms with van der Waals surface area (Å²) in [5, 5.41) is 2.90. The molecule has 2 rings (SSSR count). The number of aryl methyl sites for hydroxylation is 1. The van der Waals surface area contributed by atoms with Crippen LogP contribution in [0.25, 0.3) is 0 Å². The average Bonchev–Trinajstić information content (AvgIpc) is 2.83. The molecule has 0 unspecified atom stereocenters. The van der Waals surface area contributed by atoms with Gasteiger partial charge in [0, 0.05) is 24.0 Å².